The van der Waals surface area contributed by atoms with E-state index in [9.17, 15) is 14.3 Å². The molecule has 0 aliphatic carbocycles. The molecular weight excluding hydrogens is 551 g/mol. The van der Waals surface area contributed by atoms with Crippen LogP contribution in [0.1, 0.15) is 23.6 Å². The first-order valence-electron chi connectivity index (χ1n) is 11.4. The Balaban J connectivity index is 1.49. The number of fused-ring (bicyclic) bond motifs is 1. The van der Waals surface area contributed by atoms with Gasteiger partial charge in [0.15, 0.2) is 11.5 Å². The number of halogens is 3. The fourth-order valence-electron chi connectivity index (χ4n) is 3.95. The Bertz CT molecular complexity index is 1360. The lowest BCUT2D eigenvalue weighted by molar-refractivity contribution is -0.139. The third-order valence-electron chi connectivity index (χ3n) is 5.74. The molecule has 9 heteroatoms. The predicted octanol–water partition coefficient (Wildman–Crippen LogP) is 6.49. The van der Waals surface area contributed by atoms with E-state index in [2.05, 4.69) is 26.2 Å². The molecule has 1 unspecified atom stereocenters. The van der Waals surface area contributed by atoms with Gasteiger partial charge in [0.2, 0.25) is 0 Å². The molecule has 0 amide bonds. The van der Waals surface area contributed by atoms with Crippen molar-refractivity contribution in [1.29, 1.82) is 0 Å². The number of carboxylic acid groups (broad SMARTS) is 1. The second-order valence-electron chi connectivity index (χ2n) is 8.16. The largest absolute Gasteiger partial charge is 0.490 e. The molecule has 3 N–H and O–H groups in total. The smallest absolute Gasteiger partial charge is 0.321 e. The number of para-hydroxylation sites is 1. The molecule has 1 atom stereocenters. The molecule has 36 heavy (non-hydrogen) atoms. The van der Waals surface area contributed by atoms with Gasteiger partial charge in [-0.1, -0.05) is 35.9 Å². The minimum Gasteiger partial charge on any atom is -0.490 e. The number of aromatic amines is 1. The number of nitrogens with one attached hydrogen (secondary N) is 2. The van der Waals surface area contributed by atoms with Gasteiger partial charge in [0.25, 0.3) is 0 Å². The first kappa shape index (κ1) is 26.0. The van der Waals surface area contributed by atoms with Crippen LogP contribution in [-0.4, -0.2) is 28.7 Å². The fourth-order valence-corrected chi connectivity index (χ4v) is 4.77. The average molecular weight is 576 g/mol. The van der Waals surface area contributed by atoms with E-state index in [0.29, 0.717) is 29.0 Å². The molecule has 4 aromatic rings. The summed E-state index contributed by atoms with van der Waals surface area (Å²) in [5.41, 5.74) is 2.94. The topological polar surface area (TPSA) is 83.6 Å². The Morgan fingerprint density at radius 2 is 2.00 bits per heavy atom. The highest BCUT2D eigenvalue weighted by Crippen LogP contribution is 2.38. The van der Waals surface area contributed by atoms with Crippen LogP contribution in [0, 0.1) is 5.82 Å². The summed E-state index contributed by atoms with van der Waals surface area (Å²) in [5.74, 6) is -0.522. The van der Waals surface area contributed by atoms with E-state index in [1.807, 2.05) is 43.5 Å². The molecule has 188 valence electrons. The molecule has 4 rings (SSSR count). The van der Waals surface area contributed by atoms with Crippen LogP contribution in [0.5, 0.6) is 11.5 Å². The summed E-state index contributed by atoms with van der Waals surface area (Å²) in [5, 5.41) is 14.2. The van der Waals surface area contributed by atoms with E-state index < -0.39 is 17.8 Å². The molecule has 0 fully saturated rings. The van der Waals surface area contributed by atoms with Crippen LogP contribution < -0.4 is 14.8 Å². The maximum atomic E-state index is 14.2. The minimum absolute atomic E-state index is 0.0759. The summed E-state index contributed by atoms with van der Waals surface area (Å²) in [6, 6.07) is 15.1. The Morgan fingerprint density at radius 3 is 2.75 bits per heavy atom. The maximum Gasteiger partial charge on any atom is 0.321 e. The normalized spacial score (nSPS) is 12.0. The van der Waals surface area contributed by atoms with Crippen molar-refractivity contribution in [1.82, 2.24) is 10.3 Å². The number of aromatic nitrogens is 1. The van der Waals surface area contributed by atoms with Gasteiger partial charge in [-0.3, -0.25) is 4.79 Å². The molecule has 6 nitrogen and oxygen atoms in total. The molecule has 1 heterocycles. The van der Waals surface area contributed by atoms with Gasteiger partial charge < -0.3 is 24.9 Å². The van der Waals surface area contributed by atoms with E-state index in [-0.39, 0.29) is 23.7 Å². The fraction of sp³-hybridized carbons (Fsp3) is 0.222. The van der Waals surface area contributed by atoms with Crippen molar-refractivity contribution in [2.45, 2.75) is 32.5 Å². The van der Waals surface area contributed by atoms with Crippen molar-refractivity contribution in [3.05, 3.63) is 92.8 Å². The van der Waals surface area contributed by atoms with Crippen LogP contribution in [0.4, 0.5) is 4.39 Å². The van der Waals surface area contributed by atoms with Crippen LogP contribution >= 0.6 is 27.5 Å². The number of benzene rings is 3. The Labute approximate surface area is 221 Å². The van der Waals surface area contributed by atoms with E-state index in [4.69, 9.17) is 21.1 Å². The number of rotatable bonds is 11. The first-order valence-corrected chi connectivity index (χ1v) is 12.6. The second kappa shape index (κ2) is 11.8. The number of carbonyl (C=O) groups is 1. The summed E-state index contributed by atoms with van der Waals surface area (Å²) in [7, 11) is 0. The lowest BCUT2D eigenvalue weighted by Crippen LogP contribution is -2.38. The zero-order valence-electron chi connectivity index (χ0n) is 19.5. The Morgan fingerprint density at radius 1 is 1.19 bits per heavy atom. The highest BCUT2D eigenvalue weighted by molar-refractivity contribution is 9.10. The monoisotopic (exact) mass is 574 g/mol. The van der Waals surface area contributed by atoms with E-state index >= 15 is 0 Å². The average Bonchev–Trinajstić information content (AvgIpc) is 3.25. The quantitative estimate of drug-likeness (QED) is 0.191. The van der Waals surface area contributed by atoms with Crippen molar-refractivity contribution >= 4 is 44.4 Å². The van der Waals surface area contributed by atoms with E-state index in [1.165, 1.54) is 12.1 Å². The van der Waals surface area contributed by atoms with Crippen LogP contribution in [0.15, 0.2) is 65.3 Å². The molecule has 1 aromatic heterocycles. The number of hydrogen-bond acceptors (Lipinski definition) is 4. The van der Waals surface area contributed by atoms with Gasteiger partial charge in [-0.15, -0.1) is 0 Å². The van der Waals surface area contributed by atoms with Crippen LogP contribution in [0.2, 0.25) is 5.02 Å². The van der Waals surface area contributed by atoms with Crippen molar-refractivity contribution in [3.63, 3.8) is 0 Å². The predicted molar refractivity (Wildman–Crippen MR) is 141 cm³/mol. The van der Waals surface area contributed by atoms with E-state index in [0.717, 1.165) is 22.0 Å². The van der Waals surface area contributed by atoms with Gasteiger partial charge in [0, 0.05) is 35.6 Å². The summed E-state index contributed by atoms with van der Waals surface area (Å²) >= 11 is 9.63. The Kier molecular flexibility index (Phi) is 8.51. The van der Waals surface area contributed by atoms with E-state index in [1.54, 1.807) is 12.1 Å². The van der Waals surface area contributed by atoms with Crippen LogP contribution in [0.3, 0.4) is 0 Å². The van der Waals surface area contributed by atoms with Gasteiger partial charge in [-0.25, -0.2) is 4.39 Å². The third kappa shape index (κ3) is 6.00. The molecule has 0 spiro atoms. The van der Waals surface area contributed by atoms with Gasteiger partial charge in [0.05, 0.1) is 16.1 Å². The molecule has 0 aliphatic heterocycles. The van der Waals surface area contributed by atoms with Crippen LogP contribution in [-0.2, 0) is 24.4 Å². The summed E-state index contributed by atoms with van der Waals surface area (Å²) in [6.45, 7) is 2.45. The standard InChI is InChI=1S/C27H25BrClFN2O4/c1-2-35-25-11-16(10-20(28)26(25)36-15-19-21(29)7-5-8-22(19)30)13-31-24(27(33)34)12-17-14-32-23-9-4-3-6-18(17)23/h3-11,14,24,31-32H,2,12-13,15H2,1H3,(H,33,34). The van der Waals surface area contributed by atoms with Crippen molar-refractivity contribution < 1.29 is 23.8 Å². The lowest BCUT2D eigenvalue weighted by Gasteiger charge is -2.18. The highest BCUT2D eigenvalue weighted by Gasteiger charge is 2.20. The Hall–Kier alpha value is -3.07. The van der Waals surface area contributed by atoms with Crippen molar-refractivity contribution in [2.75, 3.05) is 6.61 Å². The number of aliphatic carboxylic acids is 1. The zero-order valence-corrected chi connectivity index (χ0v) is 21.8. The summed E-state index contributed by atoms with van der Waals surface area (Å²) < 4.78 is 26.4. The summed E-state index contributed by atoms with van der Waals surface area (Å²) in [6.07, 6.45) is 2.17. The van der Waals surface area contributed by atoms with Gasteiger partial charge in [0.1, 0.15) is 18.5 Å². The number of H-pyrrole nitrogens is 1. The molecule has 0 aliphatic rings. The summed E-state index contributed by atoms with van der Waals surface area (Å²) in [4.78, 5) is 15.2. The van der Waals surface area contributed by atoms with Crippen molar-refractivity contribution in [2.24, 2.45) is 0 Å². The van der Waals surface area contributed by atoms with Crippen molar-refractivity contribution in [3.8, 4) is 11.5 Å². The molecule has 0 bridgehead atoms. The minimum atomic E-state index is -0.939. The SMILES string of the molecule is CCOc1cc(CNC(Cc2c[nH]c3ccccc23)C(=O)O)cc(Br)c1OCc1c(F)cccc1Cl. The lowest BCUT2D eigenvalue weighted by atomic mass is 10.0. The zero-order chi connectivity index (χ0) is 25.7. The molecule has 0 saturated heterocycles. The number of ether oxygens (including phenoxy) is 2. The van der Waals surface area contributed by atoms with Crippen LogP contribution in [0.25, 0.3) is 10.9 Å². The van der Waals surface area contributed by atoms with Gasteiger partial charge in [-0.2, -0.15) is 0 Å². The van der Waals surface area contributed by atoms with Gasteiger partial charge >= 0.3 is 5.97 Å². The first-order chi connectivity index (χ1) is 17.4. The third-order valence-corrected chi connectivity index (χ3v) is 6.68. The van der Waals surface area contributed by atoms with Gasteiger partial charge in [-0.05, 0) is 64.3 Å². The highest BCUT2D eigenvalue weighted by atomic mass is 79.9. The number of hydrogen-bond donors (Lipinski definition) is 3. The molecule has 0 radical (unpaired) electrons. The maximum absolute atomic E-state index is 14.2. The number of carboxylic acids is 1. The molecule has 0 saturated carbocycles. The molecule has 3 aromatic carbocycles. The second-order valence-corrected chi connectivity index (χ2v) is 9.42. The molecular formula is C27H25BrClFN2O4.